The lowest BCUT2D eigenvalue weighted by molar-refractivity contribution is 0.463. The summed E-state index contributed by atoms with van der Waals surface area (Å²) in [5.41, 5.74) is 2.49. The Kier molecular flexibility index (Phi) is 5.50. The fourth-order valence-corrected chi connectivity index (χ4v) is 1.72. The number of anilines is 3. The van der Waals surface area contributed by atoms with Gasteiger partial charge in [-0.15, -0.1) is 0 Å². The summed E-state index contributed by atoms with van der Waals surface area (Å²) < 4.78 is 0. The van der Waals surface area contributed by atoms with Crippen molar-refractivity contribution in [2.75, 3.05) is 35.4 Å². The SMILES string of the molecule is CCN(CC)c1nc(NN)nc(N(C)C(C)(C)CC)n1. The average molecular weight is 281 g/mol. The van der Waals surface area contributed by atoms with Gasteiger partial charge in [0.15, 0.2) is 0 Å². The molecule has 20 heavy (non-hydrogen) atoms. The zero-order valence-electron chi connectivity index (χ0n) is 13.4. The minimum absolute atomic E-state index is 0.0340. The number of nitrogens with zero attached hydrogens (tertiary/aromatic N) is 5. The molecule has 0 radical (unpaired) electrons. The molecular weight excluding hydrogens is 254 g/mol. The monoisotopic (exact) mass is 281 g/mol. The minimum Gasteiger partial charge on any atom is -0.341 e. The predicted molar refractivity (Wildman–Crippen MR) is 84.0 cm³/mol. The summed E-state index contributed by atoms with van der Waals surface area (Å²) in [5.74, 6) is 7.13. The van der Waals surface area contributed by atoms with E-state index in [1.54, 1.807) is 0 Å². The molecule has 1 heterocycles. The van der Waals surface area contributed by atoms with Gasteiger partial charge in [0.05, 0.1) is 0 Å². The van der Waals surface area contributed by atoms with Crippen molar-refractivity contribution in [1.82, 2.24) is 15.0 Å². The van der Waals surface area contributed by atoms with E-state index >= 15 is 0 Å². The van der Waals surface area contributed by atoms with Gasteiger partial charge in [0.2, 0.25) is 17.8 Å². The zero-order valence-corrected chi connectivity index (χ0v) is 13.4. The highest BCUT2D eigenvalue weighted by atomic mass is 15.4. The molecule has 0 fully saturated rings. The standard InChI is InChI=1S/C13H27N7/c1-7-13(4,5)19(6)11-15-10(18-14)16-12(17-11)20(8-2)9-3/h7-9,14H2,1-6H3,(H,15,16,17,18). The zero-order chi connectivity index (χ0) is 15.3. The van der Waals surface area contributed by atoms with E-state index in [0.29, 0.717) is 17.8 Å². The summed E-state index contributed by atoms with van der Waals surface area (Å²) >= 11 is 0. The van der Waals surface area contributed by atoms with Gasteiger partial charge in [0, 0.05) is 25.7 Å². The highest BCUT2D eigenvalue weighted by Gasteiger charge is 2.25. The van der Waals surface area contributed by atoms with Gasteiger partial charge in [-0.2, -0.15) is 15.0 Å². The Hall–Kier alpha value is -1.63. The number of nitrogens with one attached hydrogen (secondary N) is 1. The fraction of sp³-hybridized carbons (Fsp3) is 0.769. The number of hydrogen-bond acceptors (Lipinski definition) is 7. The summed E-state index contributed by atoms with van der Waals surface area (Å²) in [6, 6.07) is 0. The van der Waals surface area contributed by atoms with Crippen LogP contribution >= 0.6 is 0 Å². The second kappa shape index (κ2) is 6.69. The van der Waals surface area contributed by atoms with Crippen LogP contribution in [0.2, 0.25) is 0 Å². The van der Waals surface area contributed by atoms with Gasteiger partial charge in [-0.25, -0.2) is 5.84 Å². The van der Waals surface area contributed by atoms with Crippen LogP contribution in [0.25, 0.3) is 0 Å². The number of nitrogen functional groups attached to an aromatic ring is 1. The summed E-state index contributed by atoms with van der Waals surface area (Å²) in [7, 11) is 1.99. The van der Waals surface area contributed by atoms with Gasteiger partial charge in [-0.05, 0) is 34.1 Å². The largest absolute Gasteiger partial charge is 0.341 e. The number of aromatic nitrogens is 3. The van der Waals surface area contributed by atoms with E-state index in [-0.39, 0.29) is 5.54 Å². The lowest BCUT2D eigenvalue weighted by atomic mass is 10.0. The van der Waals surface area contributed by atoms with Crippen LogP contribution in [0.4, 0.5) is 17.8 Å². The Morgan fingerprint density at radius 1 is 1.05 bits per heavy atom. The van der Waals surface area contributed by atoms with Gasteiger partial charge in [-0.3, -0.25) is 5.43 Å². The molecule has 0 aromatic carbocycles. The van der Waals surface area contributed by atoms with Gasteiger partial charge in [0.1, 0.15) is 0 Å². The Labute approximate surface area is 121 Å². The van der Waals surface area contributed by atoms with Crippen molar-refractivity contribution in [1.29, 1.82) is 0 Å². The van der Waals surface area contributed by atoms with Crippen LogP contribution in [0.15, 0.2) is 0 Å². The molecule has 7 heteroatoms. The summed E-state index contributed by atoms with van der Waals surface area (Å²) in [4.78, 5) is 17.4. The molecule has 0 saturated heterocycles. The first kappa shape index (κ1) is 16.4. The first-order valence-electron chi connectivity index (χ1n) is 7.11. The Morgan fingerprint density at radius 2 is 1.60 bits per heavy atom. The van der Waals surface area contributed by atoms with Gasteiger partial charge >= 0.3 is 0 Å². The lowest BCUT2D eigenvalue weighted by Crippen LogP contribution is -2.42. The molecular formula is C13H27N7. The van der Waals surface area contributed by atoms with Crippen molar-refractivity contribution in [3.05, 3.63) is 0 Å². The molecule has 7 nitrogen and oxygen atoms in total. The molecule has 0 spiro atoms. The van der Waals surface area contributed by atoms with Crippen LogP contribution in [0, 0.1) is 0 Å². The maximum Gasteiger partial charge on any atom is 0.243 e. The summed E-state index contributed by atoms with van der Waals surface area (Å²) in [6.45, 7) is 12.3. The van der Waals surface area contributed by atoms with E-state index in [1.165, 1.54) is 0 Å². The van der Waals surface area contributed by atoms with Crippen LogP contribution in [-0.4, -0.2) is 40.6 Å². The second-order valence-electron chi connectivity index (χ2n) is 5.30. The Bertz CT molecular complexity index is 429. The molecule has 114 valence electrons. The third-order valence-corrected chi connectivity index (χ3v) is 3.86. The van der Waals surface area contributed by atoms with E-state index in [2.05, 4.69) is 64.8 Å². The van der Waals surface area contributed by atoms with Crippen molar-refractivity contribution >= 4 is 17.8 Å². The number of rotatable bonds is 7. The van der Waals surface area contributed by atoms with Crippen molar-refractivity contribution < 1.29 is 0 Å². The summed E-state index contributed by atoms with van der Waals surface area (Å²) in [5, 5.41) is 0. The van der Waals surface area contributed by atoms with E-state index in [1.807, 2.05) is 7.05 Å². The quantitative estimate of drug-likeness (QED) is 0.580. The van der Waals surface area contributed by atoms with E-state index < -0.39 is 0 Å². The average Bonchev–Trinajstić information content (AvgIpc) is 2.47. The van der Waals surface area contributed by atoms with E-state index in [0.717, 1.165) is 19.5 Å². The van der Waals surface area contributed by atoms with E-state index in [4.69, 9.17) is 5.84 Å². The molecule has 0 unspecified atom stereocenters. The van der Waals surface area contributed by atoms with Crippen LogP contribution in [0.5, 0.6) is 0 Å². The molecule has 0 aliphatic carbocycles. The predicted octanol–water partition coefficient (Wildman–Crippen LogP) is 1.63. The molecule has 3 N–H and O–H groups in total. The third-order valence-electron chi connectivity index (χ3n) is 3.86. The minimum atomic E-state index is -0.0340. The van der Waals surface area contributed by atoms with Gasteiger partial charge in [-0.1, -0.05) is 6.92 Å². The van der Waals surface area contributed by atoms with Crippen molar-refractivity contribution in [3.8, 4) is 0 Å². The molecule has 0 amide bonds. The Balaban J connectivity index is 3.23. The molecule has 0 atom stereocenters. The van der Waals surface area contributed by atoms with Crippen molar-refractivity contribution in [2.24, 2.45) is 5.84 Å². The van der Waals surface area contributed by atoms with Crippen molar-refractivity contribution in [3.63, 3.8) is 0 Å². The molecule has 1 aromatic heterocycles. The Morgan fingerprint density at radius 3 is 2.05 bits per heavy atom. The smallest absolute Gasteiger partial charge is 0.243 e. The van der Waals surface area contributed by atoms with Crippen LogP contribution < -0.4 is 21.1 Å². The maximum atomic E-state index is 5.47. The molecule has 0 aliphatic heterocycles. The number of hydrazine groups is 1. The molecule has 0 aliphatic rings. The normalized spacial score (nSPS) is 11.3. The van der Waals surface area contributed by atoms with Crippen molar-refractivity contribution in [2.45, 2.75) is 46.6 Å². The molecule has 0 bridgehead atoms. The number of hydrogen-bond donors (Lipinski definition) is 2. The molecule has 1 aromatic rings. The van der Waals surface area contributed by atoms with Crippen LogP contribution in [-0.2, 0) is 0 Å². The van der Waals surface area contributed by atoms with E-state index in [9.17, 15) is 0 Å². The first-order chi connectivity index (χ1) is 9.39. The van der Waals surface area contributed by atoms with Crippen LogP contribution in [0.3, 0.4) is 0 Å². The summed E-state index contributed by atoms with van der Waals surface area (Å²) in [6.07, 6.45) is 0.987. The topological polar surface area (TPSA) is 83.2 Å². The third kappa shape index (κ3) is 3.47. The molecule has 0 saturated carbocycles. The highest BCUT2D eigenvalue weighted by molar-refractivity contribution is 5.45. The van der Waals surface area contributed by atoms with Gasteiger partial charge < -0.3 is 9.80 Å². The maximum absolute atomic E-state index is 5.47. The van der Waals surface area contributed by atoms with Gasteiger partial charge in [0.25, 0.3) is 0 Å². The number of nitrogens with two attached hydrogens (primary N) is 1. The van der Waals surface area contributed by atoms with Crippen LogP contribution in [0.1, 0.15) is 41.0 Å². The first-order valence-corrected chi connectivity index (χ1v) is 7.11. The second-order valence-corrected chi connectivity index (χ2v) is 5.30. The highest BCUT2D eigenvalue weighted by Crippen LogP contribution is 2.23. The molecule has 1 rings (SSSR count). The fourth-order valence-electron chi connectivity index (χ4n) is 1.72. The lowest BCUT2D eigenvalue weighted by Gasteiger charge is -2.35.